The van der Waals surface area contributed by atoms with Gasteiger partial charge in [-0.3, -0.25) is 0 Å². The summed E-state index contributed by atoms with van der Waals surface area (Å²) in [6.07, 6.45) is -1.96. The van der Waals surface area contributed by atoms with Gasteiger partial charge in [0.25, 0.3) is 0 Å². The van der Waals surface area contributed by atoms with Crippen molar-refractivity contribution in [1.82, 2.24) is 15.3 Å². The van der Waals surface area contributed by atoms with Crippen molar-refractivity contribution < 1.29 is 17.9 Å². The molecule has 94 valence electrons. The fourth-order valence-corrected chi connectivity index (χ4v) is 1.65. The van der Waals surface area contributed by atoms with Gasteiger partial charge in [0, 0.05) is 12.6 Å². The first-order valence-electron chi connectivity index (χ1n) is 5.32. The molecule has 1 fully saturated rings. The van der Waals surface area contributed by atoms with Crippen molar-refractivity contribution in [2.24, 2.45) is 0 Å². The van der Waals surface area contributed by atoms with Crippen LogP contribution in [0.1, 0.15) is 18.5 Å². The van der Waals surface area contributed by atoms with Gasteiger partial charge in [-0.25, -0.2) is 9.97 Å². The van der Waals surface area contributed by atoms with E-state index in [4.69, 9.17) is 4.74 Å². The van der Waals surface area contributed by atoms with Crippen molar-refractivity contribution in [3.05, 3.63) is 18.1 Å². The van der Waals surface area contributed by atoms with E-state index in [2.05, 4.69) is 15.3 Å². The summed E-state index contributed by atoms with van der Waals surface area (Å²) in [5, 5.41) is 3.11. The molecule has 0 aromatic carbocycles. The van der Waals surface area contributed by atoms with E-state index in [-0.39, 0.29) is 12.0 Å². The van der Waals surface area contributed by atoms with E-state index in [1.807, 2.05) is 0 Å². The Bertz CT molecular complexity index is 377. The number of nitrogens with zero attached hydrogens (tertiary/aromatic N) is 2. The third-order valence-corrected chi connectivity index (χ3v) is 2.47. The molecule has 0 amide bonds. The topological polar surface area (TPSA) is 47.0 Å². The summed E-state index contributed by atoms with van der Waals surface area (Å²) >= 11 is 0. The molecule has 0 radical (unpaired) electrons. The Morgan fingerprint density at radius 3 is 2.82 bits per heavy atom. The van der Waals surface area contributed by atoms with Gasteiger partial charge in [0.2, 0.25) is 5.88 Å². The Morgan fingerprint density at radius 1 is 1.35 bits per heavy atom. The van der Waals surface area contributed by atoms with E-state index in [9.17, 15) is 13.2 Å². The van der Waals surface area contributed by atoms with Crippen LogP contribution in [0.15, 0.2) is 12.4 Å². The van der Waals surface area contributed by atoms with E-state index in [0.717, 1.165) is 31.8 Å². The van der Waals surface area contributed by atoms with Crippen molar-refractivity contribution in [3.8, 4) is 5.88 Å². The van der Waals surface area contributed by atoms with Gasteiger partial charge < -0.3 is 10.1 Å². The number of alkyl halides is 3. The van der Waals surface area contributed by atoms with Crippen molar-refractivity contribution in [2.45, 2.75) is 25.1 Å². The highest BCUT2D eigenvalue weighted by Gasteiger charge is 2.33. The van der Waals surface area contributed by atoms with Gasteiger partial charge in [-0.1, -0.05) is 0 Å². The average molecular weight is 247 g/mol. The van der Waals surface area contributed by atoms with Crippen LogP contribution in [0.4, 0.5) is 13.2 Å². The molecular formula is C10H12F3N3O. The van der Waals surface area contributed by atoms with Crippen LogP contribution in [0.3, 0.4) is 0 Å². The number of ether oxygens (including phenoxy) is 1. The van der Waals surface area contributed by atoms with Crippen molar-refractivity contribution >= 4 is 0 Å². The smallest absolute Gasteiger partial charge is 0.433 e. The Balaban J connectivity index is 2.05. The average Bonchev–Trinajstić information content (AvgIpc) is 2.29. The van der Waals surface area contributed by atoms with Crippen LogP contribution in [0.5, 0.6) is 5.88 Å². The number of rotatable bonds is 2. The van der Waals surface area contributed by atoms with Crippen molar-refractivity contribution in [3.63, 3.8) is 0 Å². The van der Waals surface area contributed by atoms with Crippen LogP contribution in [0.25, 0.3) is 0 Å². The molecule has 0 spiro atoms. The predicted octanol–water partition coefficient (Wildman–Crippen LogP) is 1.63. The summed E-state index contributed by atoms with van der Waals surface area (Å²) < 4.78 is 42.5. The van der Waals surface area contributed by atoms with Crippen LogP contribution in [-0.4, -0.2) is 29.2 Å². The van der Waals surface area contributed by atoms with Gasteiger partial charge in [0.05, 0.1) is 0 Å². The Hall–Kier alpha value is -1.37. The molecule has 7 heteroatoms. The third kappa shape index (κ3) is 3.29. The lowest BCUT2D eigenvalue weighted by molar-refractivity contribution is -0.141. The summed E-state index contributed by atoms with van der Waals surface area (Å²) in [6, 6.07) is 0.828. The second kappa shape index (κ2) is 4.87. The number of halogens is 3. The molecule has 0 bridgehead atoms. The zero-order valence-corrected chi connectivity index (χ0v) is 9.00. The number of hydrogen-bond acceptors (Lipinski definition) is 4. The number of aromatic nitrogens is 2. The first kappa shape index (κ1) is 12.1. The summed E-state index contributed by atoms with van der Waals surface area (Å²) in [6.45, 7) is 1.54. The molecule has 1 aliphatic rings. The Kier molecular flexibility index (Phi) is 3.46. The van der Waals surface area contributed by atoms with Crippen LogP contribution >= 0.6 is 0 Å². The lowest BCUT2D eigenvalue weighted by atomic mass is 10.1. The molecule has 4 nitrogen and oxygen atoms in total. The van der Waals surface area contributed by atoms with Gasteiger partial charge in [0.15, 0.2) is 5.69 Å². The van der Waals surface area contributed by atoms with Gasteiger partial charge in [0.1, 0.15) is 12.4 Å². The number of hydrogen-bond donors (Lipinski definition) is 1. The first-order valence-corrected chi connectivity index (χ1v) is 5.32. The van der Waals surface area contributed by atoms with Crippen molar-refractivity contribution in [2.75, 3.05) is 13.1 Å². The molecule has 1 saturated heterocycles. The molecular weight excluding hydrogens is 235 g/mol. The monoisotopic (exact) mass is 247 g/mol. The molecule has 2 rings (SSSR count). The minimum absolute atomic E-state index is 0.0268. The second-order valence-corrected chi connectivity index (χ2v) is 3.83. The standard InChI is InChI=1S/C10H12F3N3O/c11-10(12,13)8-4-9(16-6-15-8)17-7-2-1-3-14-5-7/h4,6-7,14H,1-3,5H2. The molecule has 1 unspecified atom stereocenters. The molecule has 1 atom stereocenters. The maximum absolute atomic E-state index is 12.4. The minimum Gasteiger partial charge on any atom is -0.473 e. The van der Waals surface area contributed by atoms with Gasteiger partial charge in [-0.2, -0.15) is 13.2 Å². The van der Waals surface area contributed by atoms with E-state index in [1.165, 1.54) is 0 Å². The molecule has 1 aromatic heterocycles. The van der Waals surface area contributed by atoms with E-state index in [1.54, 1.807) is 0 Å². The van der Waals surface area contributed by atoms with Gasteiger partial charge in [-0.15, -0.1) is 0 Å². The molecule has 0 saturated carbocycles. The molecule has 2 heterocycles. The number of nitrogens with one attached hydrogen (secondary N) is 1. The molecule has 1 aliphatic heterocycles. The van der Waals surface area contributed by atoms with Crippen LogP contribution in [-0.2, 0) is 6.18 Å². The Morgan fingerprint density at radius 2 is 2.18 bits per heavy atom. The van der Waals surface area contributed by atoms with Crippen LogP contribution < -0.4 is 10.1 Å². The quantitative estimate of drug-likeness (QED) is 0.862. The molecule has 0 aliphatic carbocycles. The molecule has 1 N–H and O–H groups in total. The zero-order valence-electron chi connectivity index (χ0n) is 9.00. The highest BCUT2D eigenvalue weighted by atomic mass is 19.4. The summed E-state index contributed by atoms with van der Waals surface area (Å²) in [7, 11) is 0. The summed E-state index contributed by atoms with van der Waals surface area (Å²) in [5.74, 6) is -0.0268. The first-order chi connectivity index (χ1) is 8.05. The maximum atomic E-state index is 12.4. The lowest BCUT2D eigenvalue weighted by Gasteiger charge is -2.23. The minimum atomic E-state index is -4.47. The molecule has 17 heavy (non-hydrogen) atoms. The summed E-state index contributed by atoms with van der Waals surface area (Å²) in [5.41, 5.74) is -0.980. The SMILES string of the molecule is FC(F)(F)c1cc(OC2CCCNC2)ncn1. The second-order valence-electron chi connectivity index (χ2n) is 3.83. The van der Waals surface area contributed by atoms with Crippen molar-refractivity contribution in [1.29, 1.82) is 0 Å². The van der Waals surface area contributed by atoms with E-state index < -0.39 is 11.9 Å². The fraction of sp³-hybridized carbons (Fsp3) is 0.600. The highest BCUT2D eigenvalue weighted by Crippen LogP contribution is 2.28. The van der Waals surface area contributed by atoms with E-state index >= 15 is 0 Å². The van der Waals surface area contributed by atoms with Gasteiger partial charge in [-0.05, 0) is 19.4 Å². The van der Waals surface area contributed by atoms with E-state index in [0.29, 0.717) is 6.54 Å². The third-order valence-electron chi connectivity index (χ3n) is 2.47. The fourth-order valence-electron chi connectivity index (χ4n) is 1.65. The highest BCUT2D eigenvalue weighted by molar-refractivity contribution is 5.16. The van der Waals surface area contributed by atoms with Crippen LogP contribution in [0.2, 0.25) is 0 Å². The normalized spacial score (nSPS) is 21.2. The Labute approximate surface area is 96.2 Å². The zero-order chi connectivity index (χ0) is 12.3. The maximum Gasteiger partial charge on any atom is 0.433 e. The van der Waals surface area contributed by atoms with Crippen LogP contribution in [0, 0.1) is 0 Å². The summed E-state index contributed by atoms with van der Waals surface area (Å²) in [4.78, 5) is 6.86. The lowest BCUT2D eigenvalue weighted by Crippen LogP contribution is -2.37. The largest absolute Gasteiger partial charge is 0.473 e. The molecule has 1 aromatic rings. The van der Waals surface area contributed by atoms with Gasteiger partial charge >= 0.3 is 6.18 Å². The number of piperidine rings is 1. The predicted molar refractivity (Wildman–Crippen MR) is 53.6 cm³/mol.